The number of aliphatic hydroxyl groups excluding tert-OH is 1. The predicted molar refractivity (Wildman–Crippen MR) is 130 cm³/mol. The molecule has 1 aliphatic heterocycles. The van der Waals surface area contributed by atoms with Crippen LogP contribution >= 0.6 is 0 Å². The molecule has 4 N–H and O–H groups in total. The van der Waals surface area contributed by atoms with Crippen molar-refractivity contribution in [3.8, 4) is 5.75 Å². The topological polar surface area (TPSA) is 136 Å². The van der Waals surface area contributed by atoms with E-state index in [2.05, 4.69) is 25.5 Å². The number of halogens is 1. The van der Waals surface area contributed by atoms with Gasteiger partial charge >= 0.3 is 6.09 Å². The molecule has 5 rings (SSSR count). The SMILES string of the molecule is Cc1cc(Nc2nc(C(O)c3ccc(F)cc3)nc3cc(OC4CCN(C(=O)O)CC4)ccc23)n[nH]1. The van der Waals surface area contributed by atoms with Crippen LogP contribution in [0, 0.1) is 12.7 Å². The summed E-state index contributed by atoms with van der Waals surface area (Å²) in [5.74, 6) is 1.32. The van der Waals surface area contributed by atoms with Crippen LogP contribution in [-0.4, -0.2) is 60.6 Å². The number of nitrogens with zero attached hydrogens (tertiary/aromatic N) is 4. The van der Waals surface area contributed by atoms with E-state index in [-0.39, 0.29) is 11.9 Å². The molecule has 1 aliphatic rings. The molecule has 0 radical (unpaired) electrons. The fourth-order valence-electron chi connectivity index (χ4n) is 4.17. The van der Waals surface area contributed by atoms with Crippen molar-refractivity contribution < 1.29 is 24.1 Å². The number of carbonyl (C=O) groups is 1. The Hall–Kier alpha value is -4.25. The fraction of sp³-hybridized carbons (Fsp3) is 0.280. The first-order valence-corrected chi connectivity index (χ1v) is 11.5. The monoisotopic (exact) mass is 492 g/mol. The molecule has 11 heteroatoms. The van der Waals surface area contributed by atoms with Gasteiger partial charge in [0.2, 0.25) is 0 Å². The maximum atomic E-state index is 13.4. The number of nitrogens with one attached hydrogen (secondary N) is 2. The lowest BCUT2D eigenvalue weighted by Crippen LogP contribution is -2.41. The number of rotatable bonds is 6. The average Bonchev–Trinajstić information content (AvgIpc) is 3.28. The van der Waals surface area contributed by atoms with Gasteiger partial charge in [0.15, 0.2) is 11.6 Å². The van der Waals surface area contributed by atoms with E-state index in [9.17, 15) is 14.3 Å². The molecule has 0 bridgehead atoms. The first-order chi connectivity index (χ1) is 17.4. The molecule has 0 saturated carbocycles. The summed E-state index contributed by atoms with van der Waals surface area (Å²) < 4.78 is 19.5. The van der Waals surface area contributed by atoms with Crippen LogP contribution in [0.15, 0.2) is 48.5 Å². The standard InChI is InChI=1S/C25H25FN6O4/c1-14-12-21(31-30-14)28-23-19-7-6-18(36-17-8-10-32(11-9-17)25(34)35)13-20(19)27-24(29-23)22(33)15-2-4-16(26)5-3-15/h2-7,12-13,17,22,33H,8-11H2,1H3,(H,34,35)(H2,27,28,29,30,31). The number of ether oxygens (including phenoxy) is 1. The molecular formula is C25H25FN6O4. The molecule has 1 unspecified atom stereocenters. The Bertz CT molecular complexity index is 1390. The highest BCUT2D eigenvalue weighted by molar-refractivity contribution is 5.91. The number of aryl methyl sites for hydroxylation is 1. The van der Waals surface area contributed by atoms with Crippen LogP contribution in [0.4, 0.5) is 20.8 Å². The highest BCUT2D eigenvalue weighted by Crippen LogP contribution is 2.31. The molecule has 1 atom stereocenters. The number of hydrogen-bond donors (Lipinski definition) is 4. The molecule has 4 aromatic rings. The lowest BCUT2D eigenvalue weighted by molar-refractivity contribution is 0.0895. The molecular weight excluding hydrogens is 467 g/mol. The van der Waals surface area contributed by atoms with Crippen molar-refractivity contribution in [2.75, 3.05) is 18.4 Å². The van der Waals surface area contributed by atoms with Gasteiger partial charge in [0.25, 0.3) is 0 Å². The summed E-state index contributed by atoms with van der Waals surface area (Å²) in [7, 11) is 0. The minimum absolute atomic E-state index is 0.117. The van der Waals surface area contributed by atoms with Gasteiger partial charge in [0, 0.05) is 49.1 Å². The van der Waals surface area contributed by atoms with Gasteiger partial charge in [-0.25, -0.2) is 19.2 Å². The highest BCUT2D eigenvalue weighted by atomic mass is 19.1. The third-order valence-corrected chi connectivity index (χ3v) is 6.08. The summed E-state index contributed by atoms with van der Waals surface area (Å²) in [5.41, 5.74) is 1.86. The van der Waals surface area contributed by atoms with E-state index < -0.39 is 18.0 Å². The average molecular weight is 493 g/mol. The van der Waals surface area contributed by atoms with Crippen molar-refractivity contribution in [3.63, 3.8) is 0 Å². The molecule has 3 heterocycles. The smallest absolute Gasteiger partial charge is 0.407 e. The second kappa shape index (κ2) is 9.78. The second-order valence-electron chi connectivity index (χ2n) is 8.71. The number of benzene rings is 2. The molecule has 1 amide bonds. The molecule has 0 aliphatic carbocycles. The van der Waals surface area contributed by atoms with Gasteiger partial charge in [0.1, 0.15) is 29.6 Å². The third kappa shape index (κ3) is 5.05. The lowest BCUT2D eigenvalue weighted by atomic mass is 10.1. The number of carboxylic acid groups (broad SMARTS) is 1. The number of amides is 1. The molecule has 186 valence electrons. The number of hydrogen-bond acceptors (Lipinski definition) is 7. The Labute approximate surface area is 205 Å². The normalized spacial score (nSPS) is 15.1. The molecule has 1 saturated heterocycles. The van der Waals surface area contributed by atoms with Crippen molar-refractivity contribution >= 4 is 28.6 Å². The van der Waals surface area contributed by atoms with Gasteiger partial charge in [-0.2, -0.15) is 5.10 Å². The zero-order chi connectivity index (χ0) is 25.2. The number of aromatic amines is 1. The van der Waals surface area contributed by atoms with Crippen molar-refractivity contribution in [2.24, 2.45) is 0 Å². The number of piperidine rings is 1. The van der Waals surface area contributed by atoms with Crippen LogP contribution in [0.1, 0.15) is 36.0 Å². The van der Waals surface area contributed by atoms with Crippen molar-refractivity contribution in [1.29, 1.82) is 0 Å². The molecule has 0 spiro atoms. The Morgan fingerprint density at radius 1 is 1.17 bits per heavy atom. The van der Waals surface area contributed by atoms with Crippen LogP contribution in [0.25, 0.3) is 10.9 Å². The van der Waals surface area contributed by atoms with E-state index in [0.29, 0.717) is 59.8 Å². The summed E-state index contributed by atoms with van der Waals surface area (Å²) in [4.78, 5) is 21.7. The Morgan fingerprint density at radius 2 is 1.92 bits per heavy atom. The summed E-state index contributed by atoms with van der Waals surface area (Å²) in [6, 6.07) is 12.7. The summed E-state index contributed by atoms with van der Waals surface area (Å²) >= 11 is 0. The number of fused-ring (bicyclic) bond motifs is 1. The largest absolute Gasteiger partial charge is 0.490 e. The summed E-state index contributed by atoms with van der Waals surface area (Å²) in [6.45, 7) is 2.71. The van der Waals surface area contributed by atoms with E-state index in [1.165, 1.54) is 29.2 Å². The zero-order valence-electron chi connectivity index (χ0n) is 19.5. The van der Waals surface area contributed by atoms with Gasteiger partial charge in [-0.05, 0) is 36.8 Å². The van der Waals surface area contributed by atoms with Crippen LogP contribution in [-0.2, 0) is 0 Å². The first kappa shape index (κ1) is 23.5. The van der Waals surface area contributed by atoms with Crippen molar-refractivity contribution in [3.05, 3.63) is 71.4 Å². The number of aromatic nitrogens is 4. The summed E-state index contributed by atoms with van der Waals surface area (Å²) in [6.07, 6.45) is -1.03. The van der Waals surface area contributed by atoms with Crippen LogP contribution in [0.5, 0.6) is 5.75 Å². The van der Waals surface area contributed by atoms with E-state index in [1.807, 2.05) is 25.1 Å². The maximum Gasteiger partial charge on any atom is 0.407 e. The number of aliphatic hydroxyl groups is 1. The van der Waals surface area contributed by atoms with Gasteiger partial charge < -0.3 is 25.2 Å². The minimum atomic E-state index is -1.18. The number of likely N-dealkylation sites (tertiary alicyclic amines) is 1. The van der Waals surface area contributed by atoms with Gasteiger partial charge in [-0.3, -0.25) is 5.10 Å². The van der Waals surface area contributed by atoms with Crippen molar-refractivity contribution in [2.45, 2.75) is 32.0 Å². The van der Waals surface area contributed by atoms with E-state index in [0.717, 1.165) is 5.69 Å². The quantitative estimate of drug-likeness (QED) is 0.315. The molecule has 10 nitrogen and oxygen atoms in total. The maximum absolute atomic E-state index is 13.4. The highest BCUT2D eigenvalue weighted by Gasteiger charge is 2.24. The second-order valence-corrected chi connectivity index (χ2v) is 8.71. The Balaban J connectivity index is 1.47. The third-order valence-electron chi connectivity index (χ3n) is 6.08. The Morgan fingerprint density at radius 3 is 2.58 bits per heavy atom. The molecule has 2 aromatic heterocycles. The van der Waals surface area contributed by atoms with Crippen LogP contribution < -0.4 is 10.1 Å². The number of anilines is 2. The van der Waals surface area contributed by atoms with Crippen LogP contribution in [0.2, 0.25) is 0 Å². The fourth-order valence-corrected chi connectivity index (χ4v) is 4.17. The van der Waals surface area contributed by atoms with Crippen LogP contribution in [0.3, 0.4) is 0 Å². The lowest BCUT2D eigenvalue weighted by Gasteiger charge is -2.30. The zero-order valence-corrected chi connectivity index (χ0v) is 19.5. The molecule has 36 heavy (non-hydrogen) atoms. The van der Waals surface area contributed by atoms with Crippen molar-refractivity contribution in [1.82, 2.24) is 25.1 Å². The number of H-pyrrole nitrogens is 1. The van der Waals surface area contributed by atoms with Gasteiger partial charge in [-0.1, -0.05) is 12.1 Å². The molecule has 2 aromatic carbocycles. The van der Waals surface area contributed by atoms with E-state index >= 15 is 0 Å². The predicted octanol–water partition coefficient (Wildman–Crippen LogP) is 4.15. The minimum Gasteiger partial charge on any atom is -0.490 e. The van der Waals surface area contributed by atoms with E-state index in [1.54, 1.807) is 6.07 Å². The summed E-state index contributed by atoms with van der Waals surface area (Å²) in [5, 5.41) is 31.0. The first-order valence-electron chi connectivity index (χ1n) is 11.5. The van der Waals surface area contributed by atoms with Gasteiger partial charge in [-0.15, -0.1) is 0 Å². The Kier molecular flexibility index (Phi) is 6.38. The molecule has 1 fully saturated rings. The van der Waals surface area contributed by atoms with E-state index in [4.69, 9.17) is 9.84 Å². The van der Waals surface area contributed by atoms with Gasteiger partial charge in [0.05, 0.1) is 5.52 Å².